The summed E-state index contributed by atoms with van der Waals surface area (Å²) in [6.45, 7) is 0.0985. The summed E-state index contributed by atoms with van der Waals surface area (Å²) in [4.78, 5) is 18.1. The highest BCUT2D eigenvalue weighted by atomic mass is 16.5. The highest BCUT2D eigenvalue weighted by Gasteiger charge is 2.06. The molecule has 0 saturated carbocycles. The van der Waals surface area contributed by atoms with Crippen LogP contribution in [0.1, 0.15) is 16.2 Å². The van der Waals surface area contributed by atoms with Crippen LogP contribution in [0.25, 0.3) is 0 Å². The van der Waals surface area contributed by atoms with Crippen molar-refractivity contribution in [3.63, 3.8) is 0 Å². The van der Waals surface area contributed by atoms with Crippen molar-refractivity contribution in [2.24, 2.45) is 0 Å². The van der Waals surface area contributed by atoms with Gasteiger partial charge in [-0.05, 0) is 6.07 Å². The van der Waals surface area contributed by atoms with E-state index >= 15 is 0 Å². The zero-order valence-corrected chi connectivity index (χ0v) is 8.03. The van der Waals surface area contributed by atoms with Gasteiger partial charge in [-0.15, -0.1) is 0 Å². The summed E-state index contributed by atoms with van der Waals surface area (Å²) in [5.74, 6) is -0.345. The van der Waals surface area contributed by atoms with E-state index in [0.717, 1.165) is 0 Å². The van der Waals surface area contributed by atoms with Crippen LogP contribution in [0, 0.1) is 0 Å². The second kappa shape index (κ2) is 4.39. The van der Waals surface area contributed by atoms with Gasteiger partial charge in [-0.25, -0.2) is 4.79 Å². The normalized spacial score (nSPS) is 10.0. The van der Waals surface area contributed by atoms with Gasteiger partial charge in [-0.2, -0.15) is 4.98 Å². The molecule has 16 heavy (non-hydrogen) atoms. The number of ether oxygens (including phenoxy) is 1. The van der Waals surface area contributed by atoms with Gasteiger partial charge >= 0.3 is 5.97 Å². The van der Waals surface area contributed by atoms with Crippen LogP contribution < -0.4 is 4.74 Å². The van der Waals surface area contributed by atoms with E-state index in [2.05, 4.69) is 19.6 Å². The van der Waals surface area contributed by atoms with E-state index in [4.69, 9.17) is 9.84 Å². The lowest BCUT2D eigenvalue weighted by atomic mass is 10.3. The number of carbonyl (C=O) groups is 1. The first-order valence-corrected chi connectivity index (χ1v) is 4.32. The van der Waals surface area contributed by atoms with Crippen LogP contribution in [-0.2, 0) is 6.61 Å². The monoisotopic (exact) mass is 221 g/mol. The van der Waals surface area contributed by atoms with Crippen LogP contribution in [0.15, 0.2) is 29.4 Å². The maximum absolute atomic E-state index is 10.7. The second-order valence-corrected chi connectivity index (χ2v) is 2.85. The van der Waals surface area contributed by atoms with E-state index < -0.39 is 5.97 Å². The molecule has 82 valence electrons. The zero-order chi connectivity index (χ0) is 11.4. The Labute approximate surface area is 89.7 Å². The lowest BCUT2D eigenvalue weighted by Gasteiger charge is -2.02. The number of nitrogens with zero attached hydrogens (tertiary/aromatic N) is 3. The molecule has 7 heteroatoms. The van der Waals surface area contributed by atoms with Gasteiger partial charge in [0.25, 0.3) is 0 Å². The number of aromatic carboxylic acids is 1. The fourth-order valence-corrected chi connectivity index (χ4v) is 1.02. The molecule has 0 aliphatic heterocycles. The van der Waals surface area contributed by atoms with Crippen molar-refractivity contribution in [3.8, 4) is 5.75 Å². The number of carboxylic acids is 1. The average Bonchev–Trinajstić information content (AvgIpc) is 2.79. The van der Waals surface area contributed by atoms with Gasteiger partial charge in [0.2, 0.25) is 12.2 Å². The Morgan fingerprint density at radius 3 is 3.06 bits per heavy atom. The Hall–Kier alpha value is -2.44. The van der Waals surface area contributed by atoms with E-state index in [9.17, 15) is 4.79 Å². The summed E-state index contributed by atoms with van der Waals surface area (Å²) in [5, 5.41) is 12.3. The van der Waals surface area contributed by atoms with Crippen LogP contribution in [0.3, 0.4) is 0 Å². The fourth-order valence-electron chi connectivity index (χ4n) is 1.02. The Morgan fingerprint density at radius 1 is 1.50 bits per heavy atom. The Morgan fingerprint density at radius 2 is 2.38 bits per heavy atom. The number of aromatic nitrogens is 3. The molecule has 0 saturated heterocycles. The summed E-state index contributed by atoms with van der Waals surface area (Å²) < 4.78 is 9.74. The van der Waals surface area contributed by atoms with Crippen molar-refractivity contribution < 1.29 is 19.2 Å². The molecule has 0 radical (unpaired) electrons. The van der Waals surface area contributed by atoms with Crippen molar-refractivity contribution in [2.75, 3.05) is 0 Å². The molecule has 0 bridgehead atoms. The molecule has 2 aromatic heterocycles. The third-order valence-corrected chi connectivity index (χ3v) is 1.73. The number of rotatable bonds is 4. The summed E-state index contributed by atoms with van der Waals surface area (Å²) in [6.07, 6.45) is 3.83. The van der Waals surface area contributed by atoms with Crippen LogP contribution in [0.4, 0.5) is 0 Å². The molecule has 0 amide bonds. The van der Waals surface area contributed by atoms with E-state index in [0.29, 0.717) is 11.6 Å². The SMILES string of the molecule is O=C(O)c1cncc(OCc2ncon2)c1. The van der Waals surface area contributed by atoms with Crippen LogP contribution in [-0.4, -0.2) is 26.2 Å². The molecule has 0 atom stereocenters. The third-order valence-electron chi connectivity index (χ3n) is 1.73. The third kappa shape index (κ3) is 2.32. The first kappa shape index (κ1) is 10.1. The topological polar surface area (TPSA) is 98.3 Å². The van der Waals surface area contributed by atoms with Gasteiger partial charge in [0.1, 0.15) is 5.75 Å². The summed E-state index contributed by atoms with van der Waals surface area (Å²) in [6, 6.07) is 1.37. The Balaban J connectivity index is 2.04. The lowest BCUT2D eigenvalue weighted by molar-refractivity contribution is 0.0696. The minimum absolute atomic E-state index is 0.0608. The standard InChI is InChI=1S/C9H7N3O4/c13-9(14)6-1-7(3-10-2-6)15-4-8-11-5-16-12-8/h1-3,5H,4H2,(H,13,14). The van der Waals surface area contributed by atoms with E-state index in [1.165, 1.54) is 24.9 Å². The minimum Gasteiger partial charge on any atom is -0.484 e. The number of hydrogen-bond donors (Lipinski definition) is 1. The predicted octanol–water partition coefficient (Wildman–Crippen LogP) is 0.742. The van der Waals surface area contributed by atoms with Gasteiger partial charge in [-0.3, -0.25) is 4.98 Å². The first-order valence-electron chi connectivity index (χ1n) is 4.32. The highest BCUT2D eigenvalue weighted by molar-refractivity contribution is 5.87. The molecule has 0 spiro atoms. The van der Waals surface area contributed by atoms with Gasteiger partial charge in [0.05, 0.1) is 11.8 Å². The molecule has 0 aliphatic carbocycles. The van der Waals surface area contributed by atoms with Crippen LogP contribution in [0.2, 0.25) is 0 Å². The molecule has 0 aromatic carbocycles. The molecule has 7 nitrogen and oxygen atoms in total. The zero-order valence-electron chi connectivity index (χ0n) is 8.03. The molecule has 0 fully saturated rings. The number of hydrogen-bond acceptors (Lipinski definition) is 6. The van der Waals surface area contributed by atoms with Crippen LogP contribution >= 0.6 is 0 Å². The number of carboxylic acid groups (broad SMARTS) is 1. The van der Waals surface area contributed by atoms with Gasteiger partial charge in [0.15, 0.2) is 6.61 Å². The maximum Gasteiger partial charge on any atom is 0.337 e. The lowest BCUT2D eigenvalue weighted by Crippen LogP contribution is -2.01. The predicted molar refractivity (Wildman–Crippen MR) is 49.8 cm³/mol. The summed E-state index contributed by atoms with van der Waals surface area (Å²) in [5.41, 5.74) is 0.0608. The maximum atomic E-state index is 10.7. The van der Waals surface area contributed by atoms with E-state index in [1.54, 1.807) is 0 Å². The average molecular weight is 221 g/mol. The molecule has 2 rings (SSSR count). The molecule has 2 heterocycles. The van der Waals surface area contributed by atoms with Gasteiger partial charge in [-0.1, -0.05) is 5.16 Å². The van der Waals surface area contributed by atoms with Crippen molar-refractivity contribution in [1.82, 2.24) is 15.1 Å². The van der Waals surface area contributed by atoms with Gasteiger partial charge in [0, 0.05) is 6.20 Å². The molecule has 0 aliphatic rings. The van der Waals surface area contributed by atoms with Crippen molar-refractivity contribution in [1.29, 1.82) is 0 Å². The van der Waals surface area contributed by atoms with Crippen molar-refractivity contribution in [3.05, 3.63) is 36.2 Å². The smallest absolute Gasteiger partial charge is 0.337 e. The summed E-state index contributed by atoms with van der Waals surface area (Å²) >= 11 is 0. The largest absolute Gasteiger partial charge is 0.484 e. The molecular formula is C9H7N3O4. The second-order valence-electron chi connectivity index (χ2n) is 2.85. The van der Waals surface area contributed by atoms with Gasteiger partial charge < -0.3 is 14.4 Å². The molecular weight excluding hydrogens is 214 g/mol. The Bertz CT molecular complexity index is 483. The quantitative estimate of drug-likeness (QED) is 0.812. The molecule has 2 aromatic rings. The summed E-state index contributed by atoms with van der Waals surface area (Å²) in [7, 11) is 0. The minimum atomic E-state index is -1.06. The first-order chi connectivity index (χ1) is 7.75. The van der Waals surface area contributed by atoms with E-state index in [-0.39, 0.29) is 12.2 Å². The fraction of sp³-hybridized carbons (Fsp3) is 0.111. The highest BCUT2D eigenvalue weighted by Crippen LogP contribution is 2.12. The van der Waals surface area contributed by atoms with Crippen molar-refractivity contribution in [2.45, 2.75) is 6.61 Å². The Kier molecular flexibility index (Phi) is 2.77. The molecule has 0 unspecified atom stereocenters. The van der Waals surface area contributed by atoms with E-state index in [1.807, 2.05) is 0 Å². The molecule has 1 N–H and O–H groups in total. The number of pyridine rings is 1. The van der Waals surface area contributed by atoms with Crippen molar-refractivity contribution >= 4 is 5.97 Å². The van der Waals surface area contributed by atoms with Crippen LogP contribution in [0.5, 0.6) is 5.75 Å².